The molecule has 3 rings (SSSR count). The van der Waals surface area contributed by atoms with E-state index in [1.54, 1.807) is 12.4 Å². The number of aryl methyl sites for hydroxylation is 1. The number of carbonyl (C=O) groups excluding carboxylic acids is 1. The van der Waals surface area contributed by atoms with Gasteiger partial charge in [0, 0.05) is 42.0 Å². The van der Waals surface area contributed by atoms with Crippen molar-refractivity contribution in [1.29, 1.82) is 0 Å². The summed E-state index contributed by atoms with van der Waals surface area (Å²) in [5, 5.41) is 3.90. The van der Waals surface area contributed by atoms with Crippen LogP contribution in [0.1, 0.15) is 21.9 Å². The number of hydrogen-bond donors (Lipinski definition) is 3. The average molecular weight is 268 g/mol. The summed E-state index contributed by atoms with van der Waals surface area (Å²) in [6, 6.07) is 7.83. The Morgan fingerprint density at radius 3 is 3.00 bits per heavy atom. The van der Waals surface area contributed by atoms with Gasteiger partial charge in [-0.2, -0.15) is 0 Å². The Morgan fingerprint density at radius 2 is 2.20 bits per heavy atom. The minimum absolute atomic E-state index is 0.0495. The van der Waals surface area contributed by atoms with Crippen LogP contribution >= 0.6 is 0 Å². The van der Waals surface area contributed by atoms with Gasteiger partial charge in [0.15, 0.2) is 0 Å². The highest BCUT2D eigenvalue weighted by molar-refractivity contribution is 6.08. The summed E-state index contributed by atoms with van der Waals surface area (Å²) < 4.78 is 0. The molecule has 1 aromatic carbocycles. The molecule has 1 amide bonds. The molecule has 20 heavy (non-hydrogen) atoms. The van der Waals surface area contributed by atoms with Crippen LogP contribution in [0.4, 0.5) is 0 Å². The Balaban J connectivity index is 1.74. The normalized spacial score (nSPS) is 10.8. The number of H-pyrrole nitrogens is 2. The zero-order valence-corrected chi connectivity index (χ0v) is 11.2. The quantitative estimate of drug-likeness (QED) is 0.678. The summed E-state index contributed by atoms with van der Waals surface area (Å²) in [5.41, 5.74) is 2.60. The van der Waals surface area contributed by atoms with E-state index in [-0.39, 0.29) is 5.91 Å². The summed E-state index contributed by atoms with van der Waals surface area (Å²) in [7, 11) is 0. The highest BCUT2D eigenvalue weighted by Crippen LogP contribution is 2.21. The van der Waals surface area contributed by atoms with Gasteiger partial charge in [0.05, 0.1) is 5.56 Å². The van der Waals surface area contributed by atoms with Crippen LogP contribution in [-0.4, -0.2) is 27.4 Å². The first kappa shape index (κ1) is 12.5. The van der Waals surface area contributed by atoms with Crippen molar-refractivity contribution in [2.24, 2.45) is 0 Å². The number of amides is 1. The molecule has 3 N–H and O–H groups in total. The summed E-state index contributed by atoms with van der Waals surface area (Å²) in [6.45, 7) is 2.48. The monoisotopic (exact) mass is 268 g/mol. The Bertz CT molecular complexity index is 728. The molecular weight excluding hydrogens is 252 g/mol. The van der Waals surface area contributed by atoms with Crippen LogP contribution < -0.4 is 5.32 Å². The summed E-state index contributed by atoms with van der Waals surface area (Å²) in [5.74, 6) is 0.826. The van der Waals surface area contributed by atoms with Crippen molar-refractivity contribution in [3.63, 3.8) is 0 Å². The number of hydrogen-bond acceptors (Lipinski definition) is 2. The molecule has 0 saturated carbocycles. The maximum absolute atomic E-state index is 12.3. The highest BCUT2D eigenvalue weighted by atomic mass is 16.1. The van der Waals surface area contributed by atoms with E-state index in [0.717, 1.165) is 28.0 Å². The van der Waals surface area contributed by atoms with Crippen LogP contribution in [-0.2, 0) is 6.42 Å². The van der Waals surface area contributed by atoms with Gasteiger partial charge in [-0.25, -0.2) is 4.98 Å². The van der Waals surface area contributed by atoms with Crippen molar-refractivity contribution in [1.82, 2.24) is 20.3 Å². The van der Waals surface area contributed by atoms with Gasteiger partial charge in [0.2, 0.25) is 0 Å². The molecule has 102 valence electrons. The number of benzene rings is 1. The number of carbonyl (C=O) groups is 1. The van der Waals surface area contributed by atoms with Crippen LogP contribution in [0, 0.1) is 6.92 Å². The lowest BCUT2D eigenvalue weighted by molar-refractivity contribution is 0.0955. The van der Waals surface area contributed by atoms with Gasteiger partial charge >= 0.3 is 0 Å². The predicted molar refractivity (Wildman–Crippen MR) is 77.7 cm³/mol. The molecule has 2 heterocycles. The minimum Gasteiger partial charge on any atom is -0.358 e. The third-order valence-electron chi connectivity index (χ3n) is 3.32. The third-order valence-corrected chi connectivity index (χ3v) is 3.32. The van der Waals surface area contributed by atoms with E-state index < -0.39 is 0 Å². The zero-order valence-electron chi connectivity index (χ0n) is 11.2. The largest absolute Gasteiger partial charge is 0.358 e. The molecule has 0 fully saturated rings. The number of imidazole rings is 1. The van der Waals surface area contributed by atoms with E-state index in [1.165, 1.54) is 0 Å². The first-order valence-electron chi connectivity index (χ1n) is 6.59. The van der Waals surface area contributed by atoms with Crippen molar-refractivity contribution in [2.45, 2.75) is 13.3 Å². The molecule has 3 aromatic rings. The van der Waals surface area contributed by atoms with Crippen molar-refractivity contribution < 1.29 is 4.79 Å². The second-order valence-electron chi connectivity index (χ2n) is 4.71. The van der Waals surface area contributed by atoms with E-state index in [4.69, 9.17) is 0 Å². The Labute approximate surface area is 116 Å². The number of fused-ring (bicyclic) bond motifs is 1. The fourth-order valence-electron chi connectivity index (χ4n) is 2.39. The number of rotatable bonds is 4. The molecule has 0 aliphatic heterocycles. The van der Waals surface area contributed by atoms with E-state index in [1.807, 2.05) is 31.2 Å². The van der Waals surface area contributed by atoms with Gasteiger partial charge in [-0.1, -0.05) is 18.2 Å². The molecule has 0 aliphatic rings. The molecule has 0 radical (unpaired) electrons. The average Bonchev–Trinajstić information content (AvgIpc) is 3.04. The first-order valence-corrected chi connectivity index (χ1v) is 6.59. The molecule has 5 heteroatoms. The second-order valence-corrected chi connectivity index (χ2v) is 4.71. The van der Waals surface area contributed by atoms with E-state index in [0.29, 0.717) is 13.0 Å². The maximum Gasteiger partial charge on any atom is 0.253 e. The minimum atomic E-state index is -0.0495. The molecule has 0 saturated heterocycles. The standard InChI is InChI=1S/C15H16N4O/c1-10-14(11-4-2-3-5-12(11)19-10)15(20)18-7-6-13-16-8-9-17-13/h2-5,8-9,19H,6-7H2,1H3,(H,16,17)(H,18,20). The SMILES string of the molecule is Cc1[nH]c2ccccc2c1C(=O)NCCc1ncc[nH]1. The van der Waals surface area contributed by atoms with Crippen molar-refractivity contribution in [3.8, 4) is 0 Å². The molecule has 0 atom stereocenters. The smallest absolute Gasteiger partial charge is 0.253 e. The molecule has 0 unspecified atom stereocenters. The van der Waals surface area contributed by atoms with Crippen molar-refractivity contribution in [2.75, 3.05) is 6.54 Å². The van der Waals surface area contributed by atoms with Crippen LogP contribution in [0.15, 0.2) is 36.7 Å². The lowest BCUT2D eigenvalue weighted by Gasteiger charge is -2.04. The lowest BCUT2D eigenvalue weighted by Crippen LogP contribution is -2.26. The van der Waals surface area contributed by atoms with Crippen LogP contribution in [0.2, 0.25) is 0 Å². The van der Waals surface area contributed by atoms with Crippen molar-refractivity contribution >= 4 is 16.8 Å². The van der Waals surface area contributed by atoms with Crippen LogP contribution in [0.3, 0.4) is 0 Å². The Kier molecular flexibility index (Phi) is 3.25. The Hall–Kier alpha value is -2.56. The van der Waals surface area contributed by atoms with Crippen LogP contribution in [0.25, 0.3) is 10.9 Å². The van der Waals surface area contributed by atoms with Gasteiger partial charge in [-0.3, -0.25) is 4.79 Å². The summed E-state index contributed by atoms with van der Waals surface area (Å²) in [6.07, 6.45) is 4.18. The van der Waals surface area contributed by atoms with Gasteiger partial charge in [0.1, 0.15) is 5.82 Å². The van der Waals surface area contributed by atoms with Gasteiger partial charge in [-0.15, -0.1) is 0 Å². The van der Waals surface area contributed by atoms with Crippen LogP contribution in [0.5, 0.6) is 0 Å². The fraction of sp³-hybridized carbons (Fsp3) is 0.200. The summed E-state index contributed by atoms with van der Waals surface area (Å²) in [4.78, 5) is 22.7. The van der Waals surface area contributed by atoms with Crippen molar-refractivity contribution in [3.05, 3.63) is 53.7 Å². The number of para-hydroxylation sites is 1. The fourth-order valence-corrected chi connectivity index (χ4v) is 2.39. The highest BCUT2D eigenvalue weighted by Gasteiger charge is 2.15. The molecule has 0 spiro atoms. The van der Waals surface area contributed by atoms with E-state index >= 15 is 0 Å². The molecule has 0 aliphatic carbocycles. The molecule has 0 bridgehead atoms. The maximum atomic E-state index is 12.3. The Morgan fingerprint density at radius 1 is 1.35 bits per heavy atom. The third kappa shape index (κ3) is 2.30. The predicted octanol–water partition coefficient (Wildman–Crippen LogP) is 2.17. The molecule has 5 nitrogen and oxygen atoms in total. The zero-order chi connectivity index (χ0) is 13.9. The summed E-state index contributed by atoms with van der Waals surface area (Å²) >= 11 is 0. The van der Waals surface area contributed by atoms with E-state index in [9.17, 15) is 4.79 Å². The number of aromatic nitrogens is 3. The second kappa shape index (κ2) is 5.21. The molecular formula is C15H16N4O. The molecule has 2 aromatic heterocycles. The first-order chi connectivity index (χ1) is 9.75. The van der Waals surface area contributed by atoms with Gasteiger partial charge < -0.3 is 15.3 Å². The van der Waals surface area contributed by atoms with Gasteiger partial charge in [-0.05, 0) is 13.0 Å². The topological polar surface area (TPSA) is 73.6 Å². The van der Waals surface area contributed by atoms with E-state index in [2.05, 4.69) is 20.3 Å². The van der Waals surface area contributed by atoms with Gasteiger partial charge in [0.25, 0.3) is 5.91 Å². The number of aromatic amines is 2. The number of nitrogens with zero attached hydrogens (tertiary/aromatic N) is 1. The number of nitrogens with one attached hydrogen (secondary N) is 3. The lowest BCUT2D eigenvalue weighted by atomic mass is 10.1.